The summed E-state index contributed by atoms with van der Waals surface area (Å²) in [5.74, 6) is 0. The molecule has 190 valence electrons. The summed E-state index contributed by atoms with van der Waals surface area (Å²) in [4.78, 5) is 7.12. The van der Waals surface area contributed by atoms with Crippen molar-refractivity contribution >= 4 is 76.4 Å². The van der Waals surface area contributed by atoms with Crippen molar-refractivity contribution in [2.45, 2.75) is 9.79 Å². The zero-order valence-electron chi connectivity index (χ0n) is 22.1. The zero-order chi connectivity index (χ0) is 26.9. The summed E-state index contributed by atoms with van der Waals surface area (Å²) in [6.45, 7) is 0. The highest BCUT2D eigenvalue weighted by Gasteiger charge is 2.19. The van der Waals surface area contributed by atoms with Gasteiger partial charge in [0, 0.05) is 27.6 Å². The maximum Gasteiger partial charge on any atom is 0.0353 e. The fraction of sp³-hybridized carbons (Fsp3) is 0. The minimum absolute atomic E-state index is 1.18. The molecule has 0 aliphatic rings. The van der Waals surface area contributed by atoms with Crippen molar-refractivity contribution in [3.05, 3.63) is 140 Å². The second kappa shape index (κ2) is 8.79. The quantitative estimate of drug-likeness (QED) is 0.164. The van der Waals surface area contributed by atoms with Crippen LogP contribution in [0.4, 0.5) is 0 Å². The fourth-order valence-corrected chi connectivity index (χ4v) is 8.04. The van der Waals surface area contributed by atoms with Gasteiger partial charge in [-0.05, 0) is 82.5 Å². The predicted molar refractivity (Wildman–Crippen MR) is 176 cm³/mol. The van der Waals surface area contributed by atoms with Gasteiger partial charge >= 0.3 is 0 Å². The lowest BCUT2D eigenvalue weighted by molar-refractivity contribution is 1.36. The van der Waals surface area contributed by atoms with Crippen LogP contribution in [0.1, 0.15) is 0 Å². The molecule has 0 radical (unpaired) electrons. The molecule has 8 aromatic carbocycles. The van der Waals surface area contributed by atoms with Crippen LogP contribution in [-0.2, 0) is 0 Å². The molecule has 41 heavy (non-hydrogen) atoms. The molecule has 0 amide bonds. The van der Waals surface area contributed by atoms with Crippen LogP contribution in [-0.4, -0.2) is 4.98 Å². The minimum atomic E-state index is 1.18. The maximum absolute atomic E-state index is 4.58. The number of hydrogen-bond acceptors (Lipinski definition) is 2. The second-order valence-electron chi connectivity index (χ2n) is 10.7. The van der Waals surface area contributed by atoms with Crippen LogP contribution in [0.5, 0.6) is 0 Å². The third-order valence-corrected chi connectivity index (χ3v) is 9.76. The second-order valence-corrected chi connectivity index (χ2v) is 11.7. The van der Waals surface area contributed by atoms with Crippen molar-refractivity contribution in [3.63, 3.8) is 0 Å². The lowest BCUT2D eigenvalue weighted by Gasteiger charge is -2.19. The number of fused-ring (bicyclic) bond motifs is 4. The maximum atomic E-state index is 4.58. The van der Waals surface area contributed by atoms with Crippen molar-refractivity contribution in [1.29, 1.82) is 0 Å². The summed E-state index contributed by atoms with van der Waals surface area (Å²) >= 11 is 1.88. The van der Waals surface area contributed by atoms with Gasteiger partial charge in [-0.1, -0.05) is 127 Å². The molecule has 0 bridgehead atoms. The number of aromatic nitrogens is 1. The Hall–Kier alpha value is -4.92. The summed E-state index contributed by atoms with van der Waals surface area (Å²) in [6, 6.07) is 46.5. The Balaban J connectivity index is 1.36. The Morgan fingerprint density at radius 2 is 1.02 bits per heavy atom. The third kappa shape index (κ3) is 3.29. The van der Waals surface area contributed by atoms with Crippen LogP contribution in [0, 0.1) is 0 Å². The molecule has 0 atom stereocenters. The molecule has 0 N–H and O–H groups in total. The Kier molecular flexibility index (Phi) is 4.90. The Bertz CT molecular complexity index is 2340. The van der Waals surface area contributed by atoms with Crippen LogP contribution in [0.15, 0.2) is 150 Å². The van der Waals surface area contributed by atoms with Gasteiger partial charge in [0.25, 0.3) is 0 Å². The first-order chi connectivity index (χ1) is 20.4. The van der Waals surface area contributed by atoms with Gasteiger partial charge in [-0.25, -0.2) is 0 Å². The van der Waals surface area contributed by atoms with E-state index in [0.717, 1.165) is 0 Å². The van der Waals surface area contributed by atoms with E-state index >= 15 is 0 Å². The van der Waals surface area contributed by atoms with Gasteiger partial charge in [0.1, 0.15) is 0 Å². The number of benzene rings is 8. The summed E-state index contributed by atoms with van der Waals surface area (Å²) in [5, 5.41) is 15.5. The molecule has 0 spiro atoms. The minimum Gasteiger partial charge on any atom is -0.264 e. The first-order valence-corrected chi connectivity index (χ1v) is 14.8. The number of nitrogens with zero attached hydrogens (tertiary/aromatic N) is 1. The van der Waals surface area contributed by atoms with E-state index in [9.17, 15) is 0 Å². The third-order valence-electron chi connectivity index (χ3n) is 8.54. The summed E-state index contributed by atoms with van der Waals surface area (Å²) in [6.07, 6.45) is 3.95. The van der Waals surface area contributed by atoms with E-state index in [1.54, 1.807) is 0 Å². The van der Waals surface area contributed by atoms with E-state index in [2.05, 4.69) is 132 Å². The van der Waals surface area contributed by atoms with Crippen LogP contribution >= 0.6 is 11.8 Å². The molecular formula is C39H23NS. The molecule has 1 heterocycles. The first kappa shape index (κ1) is 22.9. The summed E-state index contributed by atoms with van der Waals surface area (Å²) < 4.78 is 0. The normalized spacial score (nSPS) is 12.0. The van der Waals surface area contributed by atoms with Crippen molar-refractivity contribution < 1.29 is 0 Å². The molecule has 0 saturated heterocycles. The monoisotopic (exact) mass is 537 g/mol. The molecule has 0 aliphatic carbocycles. The summed E-state index contributed by atoms with van der Waals surface area (Å²) in [5.41, 5.74) is 2.46. The topological polar surface area (TPSA) is 12.9 Å². The first-order valence-electron chi connectivity index (χ1n) is 14.0. The fourth-order valence-electron chi connectivity index (χ4n) is 6.82. The zero-order valence-corrected chi connectivity index (χ0v) is 23.0. The SMILES string of the molecule is c1ccc(-c2c3ccccc3c(Sc3ccc4c5cccc6cccc(c7cccc3c74)c65)c3ccncc23)cc1. The molecule has 9 aromatic rings. The van der Waals surface area contributed by atoms with Gasteiger partial charge < -0.3 is 0 Å². The standard InChI is InChI=1S/C39H23NS/c1-2-9-24(10-3-1)37-29-13-4-5-14-31(29)39(32-21-22-40-23-34(32)37)41-35-20-19-30-27-16-7-12-25-11-6-15-26(36(25)27)28-17-8-18-33(35)38(28)30/h1-23H. The number of hydrogen-bond donors (Lipinski definition) is 0. The van der Waals surface area contributed by atoms with Crippen molar-refractivity contribution in [2.24, 2.45) is 0 Å². The van der Waals surface area contributed by atoms with E-state index in [4.69, 9.17) is 0 Å². The van der Waals surface area contributed by atoms with E-state index in [1.165, 1.54) is 85.6 Å². The lowest BCUT2D eigenvalue weighted by atomic mass is 9.90. The average molecular weight is 538 g/mol. The molecule has 0 aliphatic heterocycles. The average Bonchev–Trinajstić information content (AvgIpc) is 3.04. The van der Waals surface area contributed by atoms with Crippen molar-refractivity contribution in [1.82, 2.24) is 4.98 Å². The highest BCUT2D eigenvalue weighted by molar-refractivity contribution is 8.00. The van der Waals surface area contributed by atoms with Crippen LogP contribution in [0.3, 0.4) is 0 Å². The Morgan fingerprint density at radius 3 is 1.83 bits per heavy atom. The van der Waals surface area contributed by atoms with Gasteiger partial charge in [0.05, 0.1) is 0 Å². The molecule has 9 rings (SSSR count). The largest absolute Gasteiger partial charge is 0.264 e. The van der Waals surface area contributed by atoms with Crippen LogP contribution in [0.25, 0.3) is 75.8 Å². The Morgan fingerprint density at radius 1 is 0.415 bits per heavy atom. The number of pyridine rings is 1. The predicted octanol–water partition coefficient (Wildman–Crippen LogP) is 11.3. The molecule has 2 heteroatoms. The van der Waals surface area contributed by atoms with Crippen molar-refractivity contribution in [2.75, 3.05) is 0 Å². The molecule has 1 nitrogen and oxygen atoms in total. The van der Waals surface area contributed by atoms with Crippen molar-refractivity contribution in [3.8, 4) is 11.1 Å². The van der Waals surface area contributed by atoms with Gasteiger partial charge in [0.2, 0.25) is 0 Å². The lowest BCUT2D eigenvalue weighted by Crippen LogP contribution is -1.91. The van der Waals surface area contributed by atoms with Gasteiger partial charge in [-0.15, -0.1) is 0 Å². The molecule has 0 saturated carbocycles. The smallest absolute Gasteiger partial charge is 0.0353 e. The van der Waals surface area contributed by atoms with Crippen LogP contribution in [0.2, 0.25) is 0 Å². The Labute approximate surface area is 241 Å². The van der Waals surface area contributed by atoms with E-state index in [1.807, 2.05) is 24.2 Å². The van der Waals surface area contributed by atoms with Gasteiger partial charge in [0.15, 0.2) is 0 Å². The van der Waals surface area contributed by atoms with Gasteiger partial charge in [-0.3, -0.25) is 4.98 Å². The molecule has 0 fully saturated rings. The van der Waals surface area contributed by atoms with Crippen LogP contribution < -0.4 is 0 Å². The molecule has 1 aromatic heterocycles. The van der Waals surface area contributed by atoms with E-state index in [0.29, 0.717) is 0 Å². The van der Waals surface area contributed by atoms with Gasteiger partial charge in [-0.2, -0.15) is 0 Å². The number of rotatable bonds is 3. The van der Waals surface area contributed by atoms with E-state index in [-0.39, 0.29) is 0 Å². The van der Waals surface area contributed by atoms with E-state index < -0.39 is 0 Å². The highest BCUT2D eigenvalue weighted by Crippen LogP contribution is 2.48. The molecular weight excluding hydrogens is 515 g/mol. The summed E-state index contributed by atoms with van der Waals surface area (Å²) in [7, 11) is 0. The highest BCUT2D eigenvalue weighted by atomic mass is 32.2. The molecule has 0 unspecified atom stereocenters.